The summed E-state index contributed by atoms with van der Waals surface area (Å²) < 4.78 is 1.08. The van der Waals surface area contributed by atoms with E-state index in [1.54, 1.807) is 0 Å². The Labute approximate surface area is 133 Å². The zero-order valence-electron chi connectivity index (χ0n) is 11.3. The van der Waals surface area contributed by atoms with Gasteiger partial charge in [-0.3, -0.25) is 0 Å². The SMILES string of the molecule is CCCNC(c1cc(Cl)c(Br)s1)C1C2CCCCC21. The molecule has 0 spiro atoms. The third-order valence-corrected chi connectivity index (χ3v) is 7.25. The molecule has 0 aromatic carbocycles. The standard InChI is InChI=1S/C15H21BrClNS/c1-2-7-18-14(12-8-11(17)15(16)19-12)13-9-5-3-4-6-10(9)13/h8-10,13-14,18H,2-7H2,1H3. The second kappa shape index (κ2) is 6.05. The van der Waals surface area contributed by atoms with Crippen LogP contribution in [0.2, 0.25) is 5.02 Å². The Kier molecular flexibility index (Phi) is 4.57. The molecule has 3 atom stereocenters. The van der Waals surface area contributed by atoms with Crippen LogP contribution in [0.3, 0.4) is 0 Å². The van der Waals surface area contributed by atoms with Crippen LogP contribution in [-0.4, -0.2) is 6.54 Å². The minimum absolute atomic E-state index is 0.529. The predicted octanol–water partition coefficient (Wildman–Crippen LogP) is 5.64. The molecule has 0 radical (unpaired) electrons. The van der Waals surface area contributed by atoms with Gasteiger partial charge in [-0.1, -0.05) is 31.4 Å². The van der Waals surface area contributed by atoms with E-state index in [4.69, 9.17) is 11.6 Å². The molecular formula is C15H21BrClNS. The molecular weight excluding hydrogens is 342 g/mol. The number of halogens is 2. The molecule has 0 amide bonds. The van der Waals surface area contributed by atoms with Crippen LogP contribution < -0.4 is 5.32 Å². The second-order valence-electron chi connectivity index (χ2n) is 5.89. The monoisotopic (exact) mass is 361 g/mol. The minimum atomic E-state index is 0.529. The number of hydrogen-bond acceptors (Lipinski definition) is 2. The fraction of sp³-hybridized carbons (Fsp3) is 0.733. The first kappa shape index (κ1) is 14.4. The van der Waals surface area contributed by atoms with E-state index in [9.17, 15) is 0 Å². The molecule has 106 valence electrons. The van der Waals surface area contributed by atoms with E-state index in [0.29, 0.717) is 6.04 Å². The highest BCUT2D eigenvalue weighted by Gasteiger charge is 2.54. The summed E-state index contributed by atoms with van der Waals surface area (Å²) in [6.07, 6.45) is 6.96. The lowest BCUT2D eigenvalue weighted by Gasteiger charge is -2.17. The minimum Gasteiger partial charge on any atom is -0.309 e. The average Bonchev–Trinajstić information content (AvgIpc) is 3.03. The molecule has 2 aliphatic carbocycles. The van der Waals surface area contributed by atoms with Crippen LogP contribution in [0.1, 0.15) is 49.9 Å². The Bertz CT molecular complexity index is 416. The van der Waals surface area contributed by atoms with Crippen LogP contribution >= 0.6 is 38.9 Å². The van der Waals surface area contributed by atoms with Crippen LogP contribution in [0.25, 0.3) is 0 Å². The molecule has 1 N–H and O–H groups in total. The van der Waals surface area contributed by atoms with Gasteiger partial charge >= 0.3 is 0 Å². The summed E-state index contributed by atoms with van der Waals surface area (Å²) in [4.78, 5) is 1.42. The van der Waals surface area contributed by atoms with E-state index in [2.05, 4.69) is 34.2 Å². The molecule has 0 saturated heterocycles. The van der Waals surface area contributed by atoms with Gasteiger partial charge in [0, 0.05) is 10.9 Å². The normalized spacial score (nSPS) is 31.0. The topological polar surface area (TPSA) is 12.0 Å². The third-order valence-electron chi connectivity index (χ3n) is 4.69. The van der Waals surface area contributed by atoms with Gasteiger partial charge in [0.25, 0.3) is 0 Å². The number of rotatable bonds is 5. The molecule has 2 saturated carbocycles. The van der Waals surface area contributed by atoms with E-state index in [0.717, 1.165) is 33.1 Å². The lowest BCUT2D eigenvalue weighted by atomic mass is 10.0. The van der Waals surface area contributed by atoms with Crippen LogP contribution in [0.15, 0.2) is 9.85 Å². The molecule has 2 aliphatic rings. The van der Waals surface area contributed by atoms with Crippen molar-refractivity contribution in [3.8, 4) is 0 Å². The van der Waals surface area contributed by atoms with E-state index in [-0.39, 0.29) is 0 Å². The molecule has 1 aromatic heterocycles. The maximum atomic E-state index is 6.22. The Balaban J connectivity index is 1.77. The first-order valence-corrected chi connectivity index (χ1v) is 9.39. The summed E-state index contributed by atoms with van der Waals surface area (Å²) in [5.74, 6) is 2.81. The van der Waals surface area contributed by atoms with Crippen molar-refractivity contribution >= 4 is 38.9 Å². The second-order valence-corrected chi connectivity index (χ2v) is 8.70. The zero-order valence-corrected chi connectivity index (χ0v) is 14.5. The van der Waals surface area contributed by atoms with E-state index >= 15 is 0 Å². The van der Waals surface area contributed by atoms with Crippen molar-refractivity contribution in [3.05, 3.63) is 19.8 Å². The summed E-state index contributed by atoms with van der Waals surface area (Å²) in [5, 5.41) is 4.64. The van der Waals surface area contributed by atoms with Crippen molar-refractivity contribution < 1.29 is 0 Å². The van der Waals surface area contributed by atoms with Gasteiger partial charge in [0.2, 0.25) is 0 Å². The first-order chi connectivity index (χ1) is 9.22. The average molecular weight is 363 g/mol. The maximum absolute atomic E-state index is 6.22. The molecule has 4 heteroatoms. The van der Waals surface area contributed by atoms with Crippen molar-refractivity contribution in [3.63, 3.8) is 0 Å². The fourth-order valence-electron chi connectivity index (χ4n) is 3.78. The largest absolute Gasteiger partial charge is 0.309 e. The van der Waals surface area contributed by atoms with E-state index in [1.807, 2.05) is 11.3 Å². The zero-order chi connectivity index (χ0) is 13.4. The van der Waals surface area contributed by atoms with E-state index in [1.165, 1.54) is 37.0 Å². The van der Waals surface area contributed by atoms with Gasteiger partial charge in [0.1, 0.15) is 0 Å². The van der Waals surface area contributed by atoms with Gasteiger partial charge in [-0.25, -0.2) is 0 Å². The van der Waals surface area contributed by atoms with Crippen molar-refractivity contribution in [2.75, 3.05) is 6.54 Å². The fourth-order valence-corrected chi connectivity index (χ4v) is 5.67. The number of fused-ring (bicyclic) bond motifs is 1. The van der Waals surface area contributed by atoms with Gasteiger partial charge in [0.15, 0.2) is 0 Å². The summed E-state index contributed by atoms with van der Waals surface area (Å²) >= 11 is 11.6. The van der Waals surface area contributed by atoms with Crippen LogP contribution in [0.4, 0.5) is 0 Å². The first-order valence-electron chi connectivity index (χ1n) is 7.40. The van der Waals surface area contributed by atoms with Crippen molar-refractivity contribution in [2.24, 2.45) is 17.8 Å². The highest BCUT2D eigenvalue weighted by Crippen LogP contribution is 2.61. The van der Waals surface area contributed by atoms with Crippen molar-refractivity contribution in [1.82, 2.24) is 5.32 Å². The van der Waals surface area contributed by atoms with Crippen LogP contribution in [-0.2, 0) is 0 Å². The molecule has 19 heavy (non-hydrogen) atoms. The summed E-state index contributed by atoms with van der Waals surface area (Å²) in [6.45, 7) is 3.34. The molecule has 1 nitrogen and oxygen atoms in total. The van der Waals surface area contributed by atoms with E-state index < -0.39 is 0 Å². The third kappa shape index (κ3) is 2.90. The number of nitrogens with one attached hydrogen (secondary N) is 1. The Morgan fingerprint density at radius 2 is 2.11 bits per heavy atom. The lowest BCUT2D eigenvalue weighted by Crippen LogP contribution is -2.24. The number of hydrogen-bond donors (Lipinski definition) is 1. The van der Waals surface area contributed by atoms with Crippen molar-refractivity contribution in [1.29, 1.82) is 0 Å². The quantitative estimate of drug-likeness (QED) is 0.714. The summed E-state index contributed by atoms with van der Waals surface area (Å²) in [5.41, 5.74) is 0. The smallest absolute Gasteiger partial charge is 0.0887 e. The summed E-state index contributed by atoms with van der Waals surface area (Å²) in [7, 11) is 0. The highest BCUT2D eigenvalue weighted by molar-refractivity contribution is 9.11. The van der Waals surface area contributed by atoms with Gasteiger partial charge < -0.3 is 5.32 Å². The van der Waals surface area contributed by atoms with Gasteiger partial charge in [-0.2, -0.15) is 0 Å². The summed E-state index contributed by atoms with van der Waals surface area (Å²) in [6, 6.07) is 2.69. The van der Waals surface area contributed by atoms with Gasteiger partial charge in [-0.15, -0.1) is 11.3 Å². The lowest BCUT2D eigenvalue weighted by molar-refractivity contribution is 0.452. The maximum Gasteiger partial charge on any atom is 0.0887 e. The Morgan fingerprint density at radius 1 is 1.42 bits per heavy atom. The van der Waals surface area contributed by atoms with Crippen LogP contribution in [0, 0.1) is 17.8 Å². The van der Waals surface area contributed by atoms with Gasteiger partial charge in [-0.05, 0) is 65.6 Å². The molecule has 2 fully saturated rings. The predicted molar refractivity (Wildman–Crippen MR) is 87.0 cm³/mol. The highest BCUT2D eigenvalue weighted by atomic mass is 79.9. The Hall–Kier alpha value is 0.430. The molecule has 0 bridgehead atoms. The molecule has 1 heterocycles. The van der Waals surface area contributed by atoms with Crippen LogP contribution in [0.5, 0.6) is 0 Å². The molecule has 1 aromatic rings. The van der Waals surface area contributed by atoms with Crippen molar-refractivity contribution in [2.45, 2.75) is 45.1 Å². The Morgan fingerprint density at radius 3 is 2.63 bits per heavy atom. The van der Waals surface area contributed by atoms with Gasteiger partial charge in [0.05, 0.1) is 8.81 Å². The molecule has 0 aliphatic heterocycles. The molecule has 3 rings (SSSR count). The number of thiophene rings is 1. The molecule has 3 unspecified atom stereocenters.